The highest BCUT2D eigenvalue weighted by Crippen LogP contribution is 2.28. The van der Waals surface area contributed by atoms with E-state index in [0.29, 0.717) is 42.6 Å². The monoisotopic (exact) mass is 375 g/mol. The van der Waals surface area contributed by atoms with Gasteiger partial charge in [0.1, 0.15) is 0 Å². The molecule has 0 spiro atoms. The molecule has 2 aromatic carbocycles. The van der Waals surface area contributed by atoms with E-state index in [0.717, 1.165) is 16.6 Å². The number of hydrogen-bond acceptors (Lipinski definition) is 4. The standard InChI is InChI=1S/C22H21N3O3/c1-14-11-15(2)20-19(12-14)25(22(27)28-20)18-7-9-24(10-8-18)21(26)17-5-3-16(13-23)4-6-17/h3-6,11-12,18H,7-10H2,1-2H3. The van der Waals surface area contributed by atoms with Gasteiger partial charge in [0, 0.05) is 24.7 Å². The first-order valence-electron chi connectivity index (χ1n) is 9.39. The fraction of sp³-hybridized carbons (Fsp3) is 0.318. The molecule has 28 heavy (non-hydrogen) atoms. The number of carbonyl (C=O) groups excluding carboxylic acids is 1. The van der Waals surface area contributed by atoms with Crippen LogP contribution in [-0.4, -0.2) is 28.5 Å². The van der Waals surface area contributed by atoms with Gasteiger partial charge in [-0.2, -0.15) is 5.26 Å². The van der Waals surface area contributed by atoms with E-state index in [4.69, 9.17) is 9.68 Å². The van der Waals surface area contributed by atoms with E-state index >= 15 is 0 Å². The maximum absolute atomic E-state index is 12.7. The van der Waals surface area contributed by atoms with Gasteiger partial charge >= 0.3 is 5.76 Å². The number of carbonyl (C=O) groups is 1. The number of oxazole rings is 1. The third-order valence-electron chi connectivity index (χ3n) is 5.42. The van der Waals surface area contributed by atoms with E-state index in [9.17, 15) is 9.59 Å². The van der Waals surface area contributed by atoms with Crippen LogP contribution in [0.4, 0.5) is 0 Å². The van der Waals surface area contributed by atoms with Gasteiger partial charge < -0.3 is 9.32 Å². The summed E-state index contributed by atoms with van der Waals surface area (Å²) in [6.07, 6.45) is 1.40. The van der Waals surface area contributed by atoms with Crippen molar-refractivity contribution in [2.45, 2.75) is 32.7 Å². The van der Waals surface area contributed by atoms with Gasteiger partial charge in [-0.05, 0) is 68.1 Å². The molecule has 0 aliphatic carbocycles. The van der Waals surface area contributed by atoms with Crippen molar-refractivity contribution < 1.29 is 9.21 Å². The molecule has 1 aliphatic rings. The van der Waals surface area contributed by atoms with Gasteiger partial charge in [0.25, 0.3) is 5.91 Å². The van der Waals surface area contributed by atoms with Crippen LogP contribution in [0.3, 0.4) is 0 Å². The molecule has 1 saturated heterocycles. The number of nitriles is 1. The molecule has 0 bridgehead atoms. The van der Waals surface area contributed by atoms with Gasteiger partial charge in [-0.3, -0.25) is 9.36 Å². The van der Waals surface area contributed by atoms with Crippen LogP contribution < -0.4 is 5.76 Å². The second-order valence-electron chi connectivity index (χ2n) is 7.38. The van der Waals surface area contributed by atoms with Crippen molar-refractivity contribution in [2.75, 3.05) is 13.1 Å². The Morgan fingerprint density at radius 3 is 2.46 bits per heavy atom. The Hall–Kier alpha value is -3.33. The van der Waals surface area contributed by atoms with Crippen molar-refractivity contribution in [1.82, 2.24) is 9.47 Å². The van der Waals surface area contributed by atoms with Crippen molar-refractivity contribution in [1.29, 1.82) is 5.26 Å². The Balaban J connectivity index is 1.54. The average Bonchev–Trinajstić information content (AvgIpc) is 3.04. The van der Waals surface area contributed by atoms with E-state index in [1.807, 2.05) is 30.9 Å². The van der Waals surface area contributed by atoms with Crippen molar-refractivity contribution in [3.8, 4) is 6.07 Å². The van der Waals surface area contributed by atoms with Gasteiger partial charge in [-0.25, -0.2) is 4.79 Å². The van der Waals surface area contributed by atoms with E-state index in [2.05, 4.69) is 6.07 Å². The number of fused-ring (bicyclic) bond motifs is 1. The zero-order valence-corrected chi connectivity index (χ0v) is 15.9. The Morgan fingerprint density at radius 1 is 1.14 bits per heavy atom. The molecule has 142 valence electrons. The molecular formula is C22H21N3O3. The molecule has 2 heterocycles. The van der Waals surface area contributed by atoms with Crippen LogP contribution in [-0.2, 0) is 0 Å². The first-order valence-corrected chi connectivity index (χ1v) is 9.39. The van der Waals surface area contributed by atoms with E-state index in [-0.39, 0.29) is 17.7 Å². The molecule has 3 aromatic rings. The summed E-state index contributed by atoms with van der Waals surface area (Å²) in [7, 11) is 0. The van der Waals surface area contributed by atoms with Crippen LogP contribution in [0.2, 0.25) is 0 Å². The van der Waals surface area contributed by atoms with Gasteiger partial charge in [0.2, 0.25) is 0 Å². The largest absolute Gasteiger partial charge is 0.420 e. The Bertz CT molecular complexity index is 1140. The summed E-state index contributed by atoms with van der Waals surface area (Å²) in [6, 6.07) is 12.7. The molecule has 0 unspecified atom stereocenters. The van der Waals surface area contributed by atoms with Crippen LogP contribution in [0.5, 0.6) is 0 Å². The van der Waals surface area contributed by atoms with Crippen molar-refractivity contribution in [3.05, 3.63) is 69.2 Å². The van der Waals surface area contributed by atoms with Crippen LogP contribution in [0, 0.1) is 25.2 Å². The number of benzene rings is 2. The van der Waals surface area contributed by atoms with Gasteiger partial charge in [0.15, 0.2) is 5.58 Å². The van der Waals surface area contributed by atoms with E-state index in [1.54, 1.807) is 28.8 Å². The van der Waals surface area contributed by atoms with E-state index in [1.165, 1.54) is 0 Å². The number of nitrogens with zero attached hydrogens (tertiary/aromatic N) is 3. The number of likely N-dealkylation sites (tertiary alicyclic amines) is 1. The minimum absolute atomic E-state index is 0.0139. The van der Waals surface area contributed by atoms with Crippen LogP contribution in [0.25, 0.3) is 11.1 Å². The molecular weight excluding hydrogens is 354 g/mol. The second kappa shape index (κ2) is 7.01. The van der Waals surface area contributed by atoms with Crippen LogP contribution in [0.1, 0.15) is 45.9 Å². The van der Waals surface area contributed by atoms with Crippen molar-refractivity contribution >= 4 is 17.0 Å². The molecule has 1 fully saturated rings. The highest BCUT2D eigenvalue weighted by molar-refractivity contribution is 5.94. The van der Waals surface area contributed by atoms with Crippen molar-refractivity contribution in [3.63, 3.8) is 0 Å². The summed E-state index contributed by atoms with van der Waals surface area (Å²) in [5.74, 6) is -0.375. The highest BCUT2D eigenvalue weighted by atomic mass is 16.4. The molecule has 0 radical (unpaired) electrons. The summed E-state index contributed by atoms with van der Waals surface area (Å²) < 4.78 is 7.25. The van der Waals surface area contributed by atoms with Gasteiger partial charge in [0.05, 0.1) is 17.1 Å². The first-order chi connectivity index (χ1) is 13.5. The second-order valence-corrected chi connectivity index (χ2v) is 7.38. The predicted molar refractivity (Wildman–Crippen MR) is 105 cm³/mol. The fourth-order valence-electron chi connectivity index (χ4n) is 4.02. The Labute approximate surface area is 162 Å². The maximum Gasteiger partial charge on any atom is 0.420 e. The van der Waals surface area contributed by atoms with E-state index < -0.39 is 0 Å². The third kappa shape index (κ3) is 3.09. The maximum atomic E-state index is 12.7. The van der Waals surface area contributed by atoms with Crippen LogP contribution in [0.15, 0.2) is 45.6 Å². The Morgan fingerprint density at radius 2 is 1.82 bits per heavy atom. The highest BCUT2D eigenvalue weighted by Gasteiger charge is 2.27. The lowest BCUT2D eigenvalue weighted by atomic mass is 10.0. The summed E-state index contributed by atoms with van der Waals surface area (Å²) in [4.78, 5) is 27.0. The number of rotatable bonds is 2. The number of amides is 1. The van der Waals surface area contributed by atoms with Gasteiger partial charge in [-0.1, -0.05) is 6.07 Å². The fourth-order valence-corrected chi connectivity index (χ4v) is 4.02. The minimum atomic E-state index is -0.333. The Kier molecular flexibility index (Phi) is 4.52. The van der Waals surface area contributed by atoms with Crippen LogP contribution >= 0.6 is 0 Å². The quantitative estimate of drug-likeness (QED) is 0.686. The first kappa shape index (κ1) is 18.1. The third-order valence-corrected chi connectivity index (χ3v) is 5.42. The summed E-state index contributed by atoms with van der Waals surface area (Å²) >= 11 is 0. The molecule has 0 saturated carbocycles. The number of aryl methyl sites for hydroxylation is 2. The SMILES string of the molecule is Cc1cc(C)c2oc(=O)n(C3CCN(C(=O)c4ccc(C#N)cc4)CC3)c2c1. The number of piperidine rings is 1. The molecule has 6 nitrogen and oxygen atoms in total. The minimum Gasteiger partial charge on any atom is -0.407 e. The van der Waals surface area contributed by atoms with Crippen molar-refractivity contribution in [2.24, 2.45) is 0 Å². The lowest BCUT2D eigenvalue weighted by Gasteiger charge is -2.32. The average molecular weight is 375 g/mol. The summed E-state index contributed by atoms with van der Waals surface area (Å²) in [6.45, 7) is 5.11. The molecule has 6 heteroatoms. The molecule has 0 N–H and O–H groups in total. The molecule has 1 aliphatic heterocycles. The number of aromatic nitrogens is 1. The zero-order chi connectivity index (χ0) is 19.8. The topological polar surface area (TPSA) is 79.2 Å². The normalized spacial score (nSPS) is 15.0. The molecule has 1 amide bonds. The molecule has 4 rings (SSSR count). The van der Waals surface area contributed by atoms with Gasteiger partial charge in [-0.15, -0.1) is 0 Å². The summed E-state index contributed by atoms with van der Waals surface area (Å²) in [5.41, 5.74) is 4.64. The number of hydrogen-bond donors (Lipinski definition) is 0. The predicted octanol–water partition coefficient (Wildman–Crippen LogP) is 3.56. The lowest BCUT2D eigenvalue weighted by molar-refractivity contribution is 0.0694. The lowest BCUT2D eigenvalue weighted by Crippen LogP contribution is -2.40. The smallest absolute Gasteiger partial charge is 0.407 e. The summed E-state index contributed by atoms with van der Waals surface area (Å²) in [5, 5.41) is 8.89. The molecule has 1 aromatic heterocycles. The molecule has 0 atom stereocenters. The zero-order valence-electron chi connectivity index (χ0n) is 15.9.